The molecule has 0 N–H and O–H groups in total. The van der Waals surface area contributed by atoms with Crippen LogP contribution in [0.15, 0.2) is 65.7 Å². The number of pyridine rings is 1. The number of benzene rings is 1. The molecule has 0 spiro atoms. The highest BCUT2D eigenvalue weighted by molar-refractivity contribution is 8.27. The van der Waals surface area contributed by atoms with Crippen LogP contribution in [0.3, 0.4) is 0 Å². The maximum absolute atomic E-state index is 12.9. The van der Waals surface area contributed by atoms with Crippen molar-refractivity contribution in [1.29, 1.82) is 0 Å². The monoisotopic (exact) mass is 391 g/mol. The number of amides is 1. The standard InChI is InChI=1S/C21H17N3OS2/c1-14-12-16(15(2)23(14)19-10-6-7-11-22-19)13-18-20(25)24(21(26)27-18)17-8-4-3-5-9-17/h3-13H,1-2H3/b18-13+. The van der Waals surface area contributed by atoms with E-state index in [1.165, 1.54) is 11.8 Å². The van der Waals surface area contributed by atoms with Gasteiger partial charge in [0.15, 0.2) is 4.32 Å². The van der Waals surface area contributed by atoms with E-state index in [0.29, 0.717) is 9.23 Å². The molecule has 3 aromatic rings. The Morgan fingerprint density at radius 2 is 1.81 bits per heavy atom. The molecular formula is C21H17N3OS2. The Balaban J connectivity index is 1.71. The Hall–Kier alpha value is -2.70. The number of hydrogen-bond acceptors (Lipinski definition) is 4. The van der Waals surface area contributed by atoms with Gasteiger partial charge in [-0.1, -0.05) is 48.2 Å². The molecule has 3 heterocycles. The van der Waals surface area contributed by atoms with Gasteiger partial charge < -0.3 is 4.57 Å². The first-order valence-electron chi connectivity index (χ1n) is 8.49. The average molecular weight is 392 g/mol. The minimum absolute atomic E-state index is 0.0844. The molecule has 0 unspecified atom stereocenters. The lowest BCUT2D eigenvalue weighted by molar-refractivity contribution is -0.113. The van der Waals surface area contributed by atoms with Crippen molar-refractivity contribution in [3.8, 4) is 5.82 Å². The van der Waals surface area contributed by atoms with E-state index in [2.05, 4.69) is 15.6 Å². The summed E-state index contributed by atoms with van der Waals surface area (Å²) in [7, 11) is 0. The predicted molar refractivity (Wildman–Crippen MR) is 115 cm³/mol. The molecule has 0 aliphatic carbocycles. The third kappa shape index (κ3) is 3.22. The van der Waals surface area contributed by atoms with E-state index in [0.717, 1.165) is 28.5 Å². The fraction of sp³-hybridized carbons (Fsp3) is 0.0952. The van der Waals surface area contributed by atoms with Crippen molar-refractivity contribution in [2.75, 3.05) is 4.90 Å². The molecule has 1 aliphatic heterocycles. The molecule has 1 saturated heterocycles. The number of hydrogen-bond donors (Lipinski definition) is 0. The number of para-hydroxylation sites is 1. The molecular weight excluding hydrogens is 374 g/mol. The lowest BCUT2D eigenvalue weighted by Crippen LogP contribution is -2.27. The second-order valence-electron chi connectivity index (χ2n) is 6.20. The first-order chi connectivity index (χ1) is 13.1. The van der Waals surface area contributed by atoms with E-state index in [9.17, 15) is 4.79 Å². The molecule has 0 radical (unpaired) electrons. The van der Waals surface area contributed by atoms with Crippen LogP contribution in [0.25, 0.3) is 11.9 Å². The predicted octanol–water partition coefficient (Wildman–Crippen LogP) is 4.89. The molecule has 4 nitrogen and oxygen atoms in total. The van der Waals surface area contributed by atoms with Crippen molar-refractivity contribution in [3.63, 3.8) is 0 Å². The highest BCUT2D eigenvalue weighted by Crippen LogP contribution is 2.36. The zero-order valence-electron chi connectivity index (χ0n) is 14.9. The summed E-state index contributed by atoms with van der Waals surface area (Å²) in [6.07, 6.45) is 3.70. The van der Waals surface area contributed by atoms with Crippen molar-refractivity contribution in [2.24, 2.45) is 0 Å². The minimum Gasteiger partial charge on any atom is -0.303 e. The molecule has 0 atom stereocenters. The third-order valence-electron chi connectivity index (χ3n) is 4.44. The molecule has 4 rings (SSSR count). The number of thioether (sulfide) groups is 1. The topological polar surface area (TPSA) is 38.1 Å². The Labute approximate surface area is 167 Å². The van der Waals surface area contributed by atoms with E-state index < -0.39 is 0 Å². The van der Waals surface area contributed by atoms with Gasteiger partial charge in [-0.2, -0.15) is 0 Å². The van der Waals surface area contributed by atoms with Crippen molar-refractivity contribution < 1.29 is 4.79 Å². The van der Waals surface area contributed by atoms with Crippen LogP contribution in [0.4, 0.5) is 5.69 Å². The molecule has 1 aromatic carbocycles. The van der Waals surface area contributed by atoms with Gasteiger partial charge in [-0.3, -0.25) is 9.69 Å². The highest BCUT2D eigenvalue weighted by Gasteiger charge is 2.33. The minimum atomic E-state index is -0.0844. The normalized spacial score (nSPS) is 15.8. The van der Waals surface area contributed by atoms with Gasteiger partial charge in [-0.15, -0.1) is 0 Å². The van der Waals surface area contributed by atoms with Crippen molar-refractivity contribution in [2.45, 2.75) is 13.8 Å². The number of carbonyl (C=O) groups excluding carboxylic acids is 1. The fourth-order valence-electron chi connectivity index (χ4n) is 3.18. The van der Waals surface area contributed by atoms with Gasteiger partial charge in [0.05, 0.1) is 10.6 Å². The lowest BCUT2D eigenvalue weighted by Gasteiger charge is -2.13. The molecule has 6 heteroatoms. The largest absolute Gasteiger partial charge is 0.303 e. The van der Waals surface area contributed by atoms with Crippen LogP contribution in [0.1, 0.15) is 17.0 Å². The SMILES string of the molecule is Cc1cc(/C=C2/SC(=S)N(c3ccccc3)C2=O)c(C)n1-c1ccccn1. The van der Waals surface area contributed by atoms with Crippen LogP contribution in [-0.2, 0) is 4.79 Å². The van der Waals surface area contributed by atoms with Crippen LogP contribution in [-0.4, -0.2) is 19.8 Å². The second kappa shape index (κ2) is 7.13. The second-order valence-corrected chi connectivity index (χ2v) is 7.88. The summed E-state index contributed by atoms with van der Waals surface area (Å²) in [6, 6.07) is 17.4. The molecule has 1 amide bonds. The fourth-order valence-corrected chi connectivity index (χ4v) is 4.47. The van der Waals surface area contributed by atoms with Gasteiger partial charge in [-0.05, 0) is 55.8 Å². The van der Waals surface area contributed by atoms with Crippen LogP contribution in [0, 0.1) is 13.8 Å². The zero-order chi connectivity index (χ0) is 19.0. The van der Waals surface area contributed by atoms with Crippen molar-refractivity contribution in [1.82, 2.24) is 9.55 Å². The number of rotatable bonds is 3. The summed E-state index contributed by atoms with van der Waals surface area (Å²) in [6.45, 7) is 4.07. The van der Waals surface area contributed by atoms with Crippen LogP contribution >= 0.6 is 24.0 Å². The van der Waals surface area contributed by atoms with Gasteiger partial charge in [0.25, 0.3) is 5.91 Å². The number of anilines is 1. The van der Waals surface area contributed by atoms with E-state index in [1.807, 2.05) is 68.5 Å². The first kappa shape index (κ1) is 17.7. The van der Waals surface area contributed by atoms with Crippen molar-refractivity contribution in [3.05, 3.63) is 82.7 Å². The van der Waals surface area contributed by atoms with Crippen LogP contribution < -0.4 is 4.90 Å². The molecule has 1 fully saturated rings. The summed E-state index contributed by atoms with van der Waals surface area (Å²) in [5.74, 6) is 0.780. The summed E-state index contributed by atoms with van der Waals surface area (Å²) in [4.78, 5) is 19.6. The molecule has 134 valence electrons. The van der Waals surface area contributed by atoms with E-state index in [1.54, 1.807) is 11.1 Å². The lowest BCUT2D eigenvalue weighted by atomic mass is 10.2. The van der Waals surface area contributed by atoms with Gasteiger partial charge in [0.1, 0.15) is 5.82 Å². The summed E-state index contributed by atoms with van der Waals surface area (Å²) in [5, 5.41) is 0. The molecule has 0 bridgehead atoms. The van der Waals surface area contributed by atoms with Gasteiger partial charge in [-0.25, -0.2) is 4.98 Å². The van der Waals surface area contributed by atoms with Crippen LogP contribution in [0.5, 0.6) is 0 Å². The van der Waals surface area contributed by atoms with Crippen LogP contribution in [0.2, 0.25) is 0 Å². The maximum Gasteiger partial charge on any atom is 0.270 e. The summed E-state index contributed by atoms with van der Waals surface area (Å²) in [5.41, 5.74) is 3.89. The van der Waals surface area contributed by atoms with Gasteiger partial charge in [0, 0.05) is 17.6 Å². The smallest absolute Gasteiger partial charge is 0.270 e. The maximum atomic E-state index is 12.9. The number of aryl methyl sites for hydroxylation is 1. The molecule has 0 saturated carbocycles. The van der Waals surface area contributed by atoms with Crippen molar-refractivity contribution >= 4 is 46.0 Å². The van der Waals surface area contributed by atoms with E-state index in [-0.39, 0.29) is 5.91 Å². The Bertz CT molecular complexity index is 1060. The number of thiocarbonyl (C=S) groups is 1. The molecule has 27 heavy (non-hydrogen) atoms. The van der Waals surface area contributed by atoms with Gasteiger partial charge >= 0.3 is 0 Å². The Kier molecular flexibility index (Phi) is 4.68. The first-order valence-corrected chi connectivity index (χ1v) is 9.72. The van der Waals surface area contributed by atoms with E-state index >= 15 is 0 Å². The quantitative estimate of drug-likeness (QED) is 0.470. The van der Waals surface area contributed by atoms with Gasteiger partial charge in [0.2, 0.25) is 0 Å². The zero-order valence-corrected chi connectivity index (χ0v) is 16.6. The third-order valence-corrected chi connectivity index (χ3v) is 5.75. The highest BCUT2D eigenvalue weighted by atomic mass is 32.2. The summed E-state index contributed by atoms with van der Waals surface area (Å²) < 4.78 is 2.64. The van der Waals surface area contributed by atoms with E-state index in [4.69, 9.17) is 12.2 Å². The Morgan fingerprint density at radius 3 is 2.52 bits per heavy atom. The number of nitrogens with zero attached hydrogens (tertiary/aromatic N) is 3. The Morgan fingerprint density at radius 1 is 1.07 bits per heavy atom. The molecule has 1 aliphatic rings. The number of aromatic nitrogens is 2. The number of carbonyl (C=O) groups is 1. The summed E-state index contributed by atoms with van der Waals surface area (Å²) >= 11 is 6.78. The average Bonchev–Trinajstić information content (AvgIpc) is 3.11. The molecule has 2 aromatic heterocycles.